The highest BCUT2D eigenvalue weighted by atomic mass is 32.2. The molecule has 0 unspecified atom stereocenters. The van der Waals surface area contributed by atoms with Gasteiger partial charge in [-0.05, 0) is 80.7 Å². The second-order valence-electron chi connectivity index (χ2n) is 9.36. The maximum atomic E-state index is 12.3. The molecule has 1 amide bonds. The van der Waals surface area contributed by atoms with Crippen molar-refractivity contribution in [1.29, 1.82) is 0 Å². The summed E-state index contributed by atoms with van der Waals surface area (Å²) in [7, 11) is 1.42. The number of methoxy groups -OCH3 is 1. The normalized spacial score (nSPS) is 18.6. The van der Waals surface area contributed by atoms with E-state index in [1.54, 1.807) is 30.5 Å². The maximum absolute atomic E-state index is 12.3. The zero-order valence-electron chi connectivity index (χ0n) is 20.3. The summed E-state index contributed by atoms with van der Waals surface area (Å²) < 4.78 is 11.0. The van der Waals surface area contributed by atoms with Crippen LogP contribution in [0.1, 0.15) is 42.0 Å². The predicted octanol–water partition coefficient (Wildman–Crippen LogP) is 4.52. The number of carbonyl (C=O) groups excluding carboxylic acids is 1. The zero-order valence-corrected chi connectivity index (χ0v) is 21.1. The predicted molar refractivity (Wildman–Crippen MR) is 131 cm³/mol. The number of nitrogens with zero attached hydrogens (tertiary/aromatic N) is 1. The summed E-state index contributed by atoms with van der Waals surface area (Å²) in [6, 6.07) is 12.8. The Morgan fingerprint density at radius 2 is 1.76 bits per heavy atom. The van der Waals surface area contributed by atoms with Gasteiger partial charge in [0.2, 0.25) is 0 Å². The number of amides is 1. The fraction of sp³-hybridized carbons (Fsp3) is 0.500. The van der Waals surface area contributed by atoms with Crippen LogP contribution < -0.4 is 4.74 Å². The highest BCUT2D eigenvalue weighted by molar-refractivity contribution is 7.98. The van der Waals surface area contributed by atoms with Crippen LogP contribution in [0.4, 0.5) is 4.79 Å². The van der Waals surface area contributed by atoms with Crippen LogP contribution in [-0.4, -0.2) is 59.6 Å². The molecule has 0 spiro atoms. The van der Waals surface area contributed by atoms with Crippen molar-refractivity contribution in [2.45, 2.75) is 56.8 Å². The molecule has 0 aromatic heterocycles. The molecule has 1 fully saturated rings. The molecule has 1 aliphatic heterocycles. The Hall–Kier alpha value is -2.22. The number of hydrogen-bond acceptors (Lipinski definition) is 6. The van der Waals surface area contributed by atoms with Gasteiger partial charge in [-0.25, -0.2) is 4.79 Å². The van der Waals surface area contributed by atoms with E-state index in [4.69, 9.17) is 9.47 Å². The molecule has 0 radical (unpaired) electrons. The van der Waals surface area contributed by atoms with Crippen LogP contribution in [0.5, 0.6) is 5.75 Å². The van der Waals surface area contributed by atoms with Crippen LogP contribution in [0, 0.1) is 19.8 Å². The SMILES string of the molecule is COC(=O)N1C[C@@H](Cc2ccc(SC)cc2)[C@H](c2cc(C)c(OC(C)(C)C(O)O)c(C)c2)C1. The summed E-state index contributed by atoms with van der Waals surface area (Å²) in [6.45, 7) is 8.47. The van der Waals surface area contributed by atoms with Gasteiger partial charge in [-0.15, -0.1) is 11.8 Å². The number of likely N-dealkylation sites (tertiary alicyclic amines) is 1. The molecule has 180 valence electrons. The van der Waals surface area contributed by atoms with Crippen LogP contribution in [0.3, 0.4) is 0 Å². The molecule has 33 heavy (non-hydrogen) atoms. The third-order valence-electron chi connectivity index (χ3n) is 6.43. The van der Waals surface area contributed by atoms with Crippen molar-refractivity contribution in [1.82, 2.24) is 4.90 Å². The lowest BCUT2D eigenvalue weighted by Gasteiger charge is -2.30. The minimum Gasteiger partial charge on any atom is -0.482 e. The van der Waals surface area contributed by atoms with Crippen molar-refractivity contribution in [2.24, 2.45) is 5.92 Å². The molecule has 3 rings (SSSR count). The third-order valence-corrected chi connectivity index (χ3v) is 7.17. The van der Waals surface area contributed by atoms with Gasteiger partial charge in [0.25, 0.3) is 0 Å². The van der Waals surface area contributed by atoms with Gasteiger partial charge in [0.15, 0.2) is 11.9 Å². The van der Waals surface area contributed by atoms with E-state index in [9.17, 15) is 15.0 Å². The van der Waals surface area contributed by atoms with Crippen LogP contribution in [0.25, 0.3) is 0 Å². The highest BCUT2D eigenvalue weighted by Crippen LogP contribution is 2.39. The topological polar surface area (TPSA) is 79.2 Å². The molecule has 2 aromatic rings. The van der Waals surface area contributed by atoms with E-state index in [2.05, 4.69) is 42.7 Å². The summed E-state index contributed by atoms with van der Waals surface area (Å²) in [5.41, 5.74) is 3.13. The molecule has 7 heteroatoms. The van der Waals surface area contributed by atoms with Gasteiger partial charge in [-0.1, -0.05) is 24.3 Å². The number of benzene rings is 2. The van der Waals surface area contributed by atoms with Crippen molar-refractivity contribution < 1.29 is 24.5 Å². The second kappa shape index (κ2) is 10.4. The van der Waals surface area contributed by atoms with Gasteiger partial charge in [0.1, 0.15) is 5.75 Å². The first-order valence-electron chi connectivity index (χ1n) is 11.2. The van der Waals surface area contributed by atoms with Gasteiger partial charge in [0, 0.05) is 23.9 Å². The Bertz CT molecular complexity index is 950. The molecule has 0 bridgehead atoms. The molecule has 1 aliphatic rings. The van der Waals surface area contributed by atoms with Gasteiger partial charge in [-0.2, -0.15) is 0 Å². The van der Waals surface area contributed by atoms with E-state index >= 15 is 0 Å². The zero-order chi connectivity index (χ0) is 24.3. The first kappa shape index (κ1) is 25.4. The van der Waals surface area contributed by atoms with Crippen LogP contribution in [0.2, 0.25) is 0 Å². The molecule has 2 aromatic carbocycles. The summed E-state index contributed by atoms with van der Waals surface area (Å²) in [6.07, 6.45) is 1.04. The summed E-state index contributed by atoms with van der Waals surface area (Å²) in [5, 5.41) is 19.3. The van der Waals surface area contributed by atoms with E-state index < -0.39 is 11.9 Å². The average Bonchev–Trinajstić information content (AvgIpc) is 3.19. The van der Waals surface area contributed by atoms with Crippen LogP contribution in [0.15, 0.2) is 41.3 Å². The van der Waals surface area contributed by atoms with Crippen molar-refractivity contribution >= 4 is 17.9 Å². The first-order chi connectivity index (χ1) is 15.6. The van der Waals surface area contributed by atoms with Crippen molar-refractivity contribution in [3.63, 3.8) is 0 Å². The first-order valence-corrected chi connectivity index (χ1v) is 12.4. The summed E-state index contributed by atoms with van der Waals surface area (Å²) >= 11 is 1.72. The quantitative estimate of drug-likeness (QED) is 0.455. The Kier molecular flexibility index (Phi) is 7.98. The average molecular weight is 474 g/mol. The molecule has 1 heterocycles. The highest BCUT2D eigenvalue weighted by Gasteiger charge is 2.37. The van der Waals surface area contributed by atoms with Gasteiger partial charge in [0.05, 0.1) is 7.11 Å². The molecule has 2 N–H and O–H groups in total. The van der Waals surface area contributed by atoms with Crippen molar-refractivity contribution in [3.05, 3.63) is 58.7 Å². The number of thioether (sulfide) groups is 1. The fourth-order valence-electron chi connectivity index (χ4n) is 4.47. The Balaban J connectivity index is 1.90. The number of rotatable bonds is 7. The van der Waals surface area contributed by atoms with Crippen molar-refractivity contribution in [2.75, 3.05) is 26.5 Å². The fourth-order valence-corrected chi connectivity index (χ4v) is 4.88. The number of aliphatic hydroxyl groups is 2. The smallest absolute Gasteiger partial charge is 0.409 e. The maximum Gasteiger partial charge on any atom is 0.409 e. The minimum atomic E-state index is -1.60. The van der Waals surface area contributed by atoms with Crippen molar-refractivity contribution in [3.8, 4) is 5.75 Å². The Morgan fingerprint density at radius 3 is 2.27 bits per heavy atom. The van der Waals surface area contributed by atoms with Gasteiger partial charge < -0.3 is 24.6 Å². The molecule has 0 saturated carbocycles. The Labute approximate surface area is 200 Å². The van der Waals surface area contributed by atoms with E-state index in [1.165, 1.54) is 17.6 Å². The Morgan fingerprint density at radius 1 is 1.15 bits per heavy atom. The van der Waals surface area contributed by atoms with E-state index in [1.807, 2.05) is 13.8 Å². The molecule has 1 saturated heterocycles. The lowest BCUT2D eigenvalue weighted by molar-refractivity contribution is -0.154. The molecular weight excluding hydrogens is 438 g/mol. The number of ether oxygens (including phenoxy) is 2. The summed E-state index contributed by atoms with van der Waals surface area (Å²) in [4.78, 5) is 15.3. The standard InChI is InChI=1S/C26H35NO5S/c1-16-11-19(12-17(2)23(16)32-26(3,4)24(28)29)22-15-27(25(30)31-5)14-20(22)13-18-7-9-21(33-6)10-8-18/h7-12,20,22,24,28-29H,13-15H2,1-6H3/t20-,22+/m1/s1. The largest absolute Gasteiger partial charge is 0.482 e. The number of hydrogen-bond donors (Lipinski definition) is 2. The van der Waals surface area contributed by atoms with Gasteiger partial charge in [-0.3, -0.25) is 0 Å². The minimum absolute atomic E-state index is 0.159. The van der Waals surface area contributed by atoms with E-state index in [0.717, 1.165) is 23.1 Å². The van der Waals surface area contributed by atoms with Crippen LogP contribution >= 0.6 is 11.8 Å². The van der Waals surface area contributed by atoms with Crippen LogP contribution in [-0.2, 0) is 11.2 Å². The molecular formula is C26H35NO5S. The second-order valence-corrected chi connectivity index (χ2v) is 10.2. The lowest BCUT2D eigenvalue weighted by atomic mass is 9.83. The van der Waals surface area contributed by atoms with E-state index in [-0.39, 0.29) is 17.9 Å². The lowest BCUT2D eigenvalue weighted by Crippen LogP contribution is -2.42. The van der Waals surface area contributed by atoms with E-state index in [0.29, 0.717) is 18.8 Å². The summed E-state index contributed by atoms with van der Waals surface area (Å²) in [5.74, 6) is 1.07. The number of aryl methyl sites for hydroxylation is 2. The monoisotopic (exact) mass is 473 g/mol. The number of aliphatic hydroxyl groups excluding tert-OH is 1. The third kappa shape index (κ3) is 5.83. The molecule has 2 atom stereocenters. The molecule has 0 aliphatic carbocycles. The molecule has 6 nitrogen and oxygen atoms in total. The van der Waals surface area contributed by atoms with Gasteiger partial charge >= 0.3 is 6.09 Å². The number of carbonyl (C=O) groups is 1.